The lowest BCUT2D eigenvalue weighted by atomic mass is 10.0. The summed E-state index contributed by atoms with van der Waals surface area (Å²) in [5, 5.41) is 13.5. The third-order valence-corrected chi connectivity index (χ3v) is 11.2. The number of hydrogen-bond acceptors (Lipinski definition) is 2. The Morgan fingerprint density at radius 3 is 2.00 bits per heavy atom. The Hall–Kier alpha value is 0.137. The van der Waals surface area contributed by atoms with Gasteiger partial charge in [-0.15, -0.1) is 0 Å². The van der Waals surface area contributed by atoms with Crippen molar-refractivity contribution < 1.29 is 5.11 Å². The van der Waals surface area contributed by atoms with Crippen LogP contribution in [0.25, 0.3) is 0 Å². The van der Waals surface area contributed by atoms with E-state index in [2.05, 4.69) is 39.6 Å². The van der Waals surface area contributed by atoms with Crippen molar-refractivity contribution in [2.45, 2.75) is 69.9 Å². The molecular weight excluding hydrogens is 202 g/mol. The molecule has 1 aliphatic heterocycles. The van der Waals surface area contributed by atoms with Gasteiger partial charge in [0.1, 0.15) is 0 Å². The third-order valence-electron chi connectivity index (χ3n) is 4.61. The lowest BCUT2D eigenvalue weighted by Gasteiger charge is -2.41. The molecule has 90 valence electrons. The molecule has 0 aliphatic carbocycles. The standard InChI is InChI=1S/C12H27NOSi/c1-9(2)15(5,10(3)4)8-12(14)11-6-7-13-11/h9-14H,6-8H2,1-5H3/t11-,12+/m0/s1. The molecular formula is C12H27NOSi. The van der Waals surface area contributed by atoms with Gasteiger partial charge in [0.2, 0.25) is 0 Å². The van der Waals surface area contributed by atoms with Gasteiger partial charge in [0.25, 0.3) is 0 Å². The summed E-state index contributed by atoms with van der Waals surface area (Å²) in [4.78, 5) is 0. The number of aliphatic hydroxyl groups is 1. The van der Waals surface area contributed by atoms with Gasteiger partial charge >= 0.3 is 0 Å². The van der Waals surface area contributed by atoms with Crippen LogP contribution in [0.3, 0.4) is 0 Å². The molecule has 0 bridgehead atoms. The molecule has 0 aromatic carbocycles. The van der Waals surface area contributed by atoms with Crippen molar-refractivity contribution in [3.8, 4) is 0 Å². The minimum atomic E-state index is -1.30. The lowest BCUT2D eigenvalue weighted by molar-refractivity contribution is 0.109. The van der Waals surface area contributed by atoms with Gasteiger partial charge in [-0.05, 0) is 19.0 Å². The molecule has 0 radical (unpaired) electrons. The molecule has 1 fully saturated rings. The first-order valence-corrected chi connectivity index (χ1v) is 9.15. The molecule has 0 unspecified atom stereocenters. The second-order valence-corrected chi connectivity index (χ2v) is 11.7. The second-order valence-electron chi connectivity index (χ2n) is 5.94. The first-order valence-electron chi connectivity index (χ1n) is 6.29. The van der Waals surface area contributed by atoms with E-state index in [0.29, 0.717) is 6.04 Å². The minimum absolute atomic E-state index is 0.111. The summed E-state index contributed by atoms with van der Waals surface area (Å²) >= 11 is 0. The normalized spacial score (nSPS) is 24.4. The highest BCUT2D eigenvalue weighted by atomic mass is 28.3. The van der Waals surface area contributed by atoms with E-state index < -0.39 is 8.07 Å². The average molecular weight is 229 g/mol. The highest BCUT2D eigenvalue weighted by Crippen LogP contribution is 2.37. The van der Waals surface area contributed by atoms with Crippen LogP contribution < -0.4 is 5.32 Å². The number of aliphatic hydroxyl groups excluding tert-OH is 1. The maximum absolute atomic E-state index is 10.2. The van der Waals surface area contributed by atoms with Gasteiger partial charge < -0.3 is 10.4 Å². The Labute approximate surface area is 95.5 Å². The summed E-state index contributed by atoms with van der Waals surface area (Å²) in [6.45, 7) is 12.8. The van der Waals surface area contributed by atoms with Crippen molar-refractivity contribution in [1.29, 1.82) is 0 Å². The third kappa shape index (κ3) is 2.83. The van der Waals surface area contributed by atoms with Crippen molar-refractivity contribution >= 4 is 8.07 Å². The van der Waals surface area contributed by atoms with Crippen LogP contribution in [0.1, 0.15) is 34.1 Å². The Balaban J connectivity index is 2.57. The monoisotopic (exact) mass is 229 g/mol. The fraction of sp³-hybridized carbons (Fsp3) is 1.00. The molecule has 1 aliphatic rings. The van der Waals surface area contributed by atoms with E-state index in [1.807, 2.05) is 0 Å². The minimum Gasteiger partial charge on any atom is -0.392 e. The number of nitrogens with one attached hydrogen (secondary N) is 1. The average Bonchev–Trinajstić information content (AvgIpc) is 1.99. The molecule has 1 rings (SSSR count). The van der Waals surface area contributed by atoms with Crippen LogP contribution >= 0.6 is 0 Å². The van der Waals surface area contributed by atoms with Crippen LogP contribution in [0.2, 0.25) is 23.7 Å². The van der Waals surface area contributed by atoms with Gasteiger partial charge in [-0.2, -0.15) is 0 Å². The molecule has 0 saturated carbocycles. The van der Waals surface area contributed by atoms with E-state index in [1.165, 1.54) is 0 Å². The molecule has 0 amide bonds. The van der Waals surface area contributed by atoms with Gasteiger partial charge in [0.05, 0.1) is 14.2 Å². The summed E-state index contributed by atoms with van der Waals surface area (Å²) in [5.74, 6) is 0. The molecule has 0 spiro atoms. The smallest absolute Gasteiger partial charge is 0.0670 e. The van der Waals surface area contributed by atoms with Gasteiger partial charge in [-0.3, -0.25) is 0 Å². The molecule has 1 heterocycles. The Morgan fingerprint density at radius 2 is 1.73 bits per heavy atom. The predicted octanol–water partition coefficient (Wildman–Crippen LogP) is 2.61. The maximum atomic E-state index is 10.2. The van der Waals surface area contributed by atoms with Crippen molar-refractivity contribution in [2.24, 2.45) is 0 Å². The molecule has 2 atom stereocenters. The second kappa shape index (κ2) is 4.98. The summed E-state index contributed by atoms with van der Waals surface area (Å²) in [7, 11) is -1.30. The van der Waals surface area contributed by atoms with Crippen LogP contribution in [0, 0.1) is 0 Å². The lowest BCUT2D eigenvalue weighted by Crippen LogP contribution is -2.54. The molecule has 1 saturated heterocycles. The summed E-state index contributed by atoms with van der Waals surface area (Å²) in [6, 6.07) is 1.44. The van der Waals surface area contributed by atoms with Crippen molar-refractivity contribution in [1.82, 2.24) is 5.32 Å². The van der Waals surface area contributed by atoms with Crippen molar-refractivity contribution in [3.63, 3.8) is 0 Å². The van der Waals surface area contributed by atoms with Crippen LogP contribution in [0.5, 0.6) is 0 Å². The van der Waals surface area contributed by atoms with Gasteiger partial charge in [-0.25, -0.2) is 0 Å². The molecule has 2 nitrogen and oxygen atoms in total. The summed E-state index contributed by atoms with van der Waals surface area (Å²) in [5.41, 5.74) is 1.51. The topological polar surface area (TPSA) is 32.3 Å². The first-order chi connectivity index (χ1) is 6.88. The van der Waals surface area contributed by atoms with Gasteiger partial charge in [-0.1, -0.05) is 45.3 Å². The molecule has 2 N–H and O–H groups in total. The van der Waals surface area contributed by atoms with Crippen LogP contribution in [0.15, 0.2) is 0 Å². The van der Waals surface area contributed by atoms with E-state index in [-0.39, 0.29) is 6.10 Å². The van der Waals surface area contributed by atoms with E-state index in [9.17, 15) is 5.11 Å². The summed E-state index contributed by atoms with van der Waals surface area (Å²) < 4.78 is 0. The van der Waals surface area contributed by atoms with Crippen molar-refractivity contribution in [2.75, 3.05) is 6.54 Å². The highest BCUT2D eigenvalue weighted by Gasteiger charge is 2.39. The molecule has 0 aromatic rings. The Bertz CT molecular complexity index is 194. The van der Waals surface area contributed by atoms with E-state index >= 15 is 0 Å². The zero-order valence-electron chi connectivity index (χ0n) is 10.9. The SMILES string of the molecule is CC(C)[Si](C)(C[C@@H](O)[C@@H]1CCN1)C(C)C. The van der Waals surface area contributed by atoms with Gasteiger partial charge in [0, 0.05) is 6.04 Å². The fourth-order valence-electron chi connectivity index (χ4n) is 2.37. The highest BCUT2D eigenvalue weighted by molar-refractivity contribution is 6.81. The quantitative estimate of drug-likeness (QED) is 0.710. The van der Waals surface area contributed by atoms with Crippen LogP contribution in [-0.4, -0.2) is 31.9 Å². The Kier molecular flexibility index (Phi) is 4.38. The number of rotatable bonds is 5. The first kappa shape index (κ1) is 13.2. The number of hydrogen-bond donors (Lipinski definition) is 2. The van der Waals surface area contributed by atoms with E-state index in [1.54, 1.807) is 0 Å². The van der Waals surface area contributed by atoms with Crippen molar-refractivity contribution in [3.05, 3.63) is 0 Å². The van der Waals surface area contributed by atoms with Crippen LogP contribution in [-0.2, 0) is 0 Å². The van der Waals surface area contributed by atoms with E-state index in [4.69, 9.17) is 0 Å². The fourth-order valence-corrected chi connectivity index (χ4v) is 5.83. The zero-order chi connectivity index (χ0) is 11.6. The molecule has 3 heteroatoms. The van der Waals surface area contributed by atoms with E-state index in [0.717, 1.165) is 30.1 Å². The van der Waals surface area contributed by atoms with Crippen LogP contribution in [0.4, 0.5) is 0 Å². The molecule has 15 heavy (non-hydrogen) atoms. The Morgan fingerprint density at radius 1 is 1.27 bits per heavy atom. The summed E-state index contributed by atoms with van der Waals surface area (Å²) in [6.07, 6.45) is 1.04. The predicted molar refractivity (Wildman–Crippen MR) is 69.0 cm³/mol. The maximum Gasteiger partial charge on any atom is 0.0670 e. The largest absolute Gasteiger partial charge is 0.392 e. The zero-order valence-corrected chi connectivity index (χ0v) is 11.9. The molecule has 0 aromatic heterocycles. The van der Waals surface area contributed by atoms with Gasteiger partial charge in [0.15, 0.2) is 0 Å².